The molecule has 0 bridgehead atoms. The van der Waals surface area contributed by atoms with Crippen LogP contribution in [0.4, 0.5) is 27.6 Å². The van der Waals surface area contributed by atoms with Crippen molar-refractivity contribution in [1.29, 1.82) is 0 Å². The molecule has 0 heterocycles. The Morgan fingerprint density at radius 1 is 1.04 bits per heavy atom. The molecule has 0 saturated heterocycles. The number of alkyl halides is 5. The molecule has 0 aliphatic carbocycles. The largest absolute Gasteiger partial charge is 0.496 e. The Bertz CT molecular complexity index is 824. The quantitative estimate of drug-likeness (QED) is 0.485. The third kappa shape index (κ3) is 2.96. The summed E-state index contributed by atoms with van der Waals surface area (Å²) in [6, 6.07) is 7.37. The normalized spacial score (nSPS) is 14.6. The molecule has 10 heteroatoms. The van der Waals surface area contributed by atoms with Crippen LogP contribution in [0.3, 0.4) is 0 Å². The van der Waals surface area contributed by atoms with Crippen LogP contribution in [-0.2, 0) is 5.60 Å². The molecule has 2 rings (SSSR count). The third-order valence-corrected chi connectivity index (χ3v) is 3.78. The number of halogens is 5. The Morgan fingerprint density at radius 2 is 1.65 bits per heavy atom. The van der Waals surface area contributed by atoms with E-state index in [4.69, 9.17) is 4.74 Å². The van der Waals surface area contributed by atoms with E-state index in [1.165, 1.54) is 6.07 Å². The van der Waals surface area contributed by atoms with Crippen molar-refractivity contribution in [2.24, 2.45) is 0 Å². The summed E-state index contributed by atoms with van der Waals surface area (Å²) in [6.07, 6.45) is -6.15. The minimum atomic E-state index is -6.15. The number of hydrogen-bond donors (Lipinski definition) is 1. The standard InChI is InChI=1S/C16H12F5NO4/c1-26-13-8-3-2-7-12(13)14(23,15(17,18)16(19,20)21)10-5-4-6-11(9-10)22(24)25/h2-9,23H,1H3. The van der Waals surface area contributed by atoms with E-state index in [1.54, 1.807) is 0 Å². The SMILES string of the molecule is COc1ccccc1C(O)(c1cccc([N+](=O)[O-])c1)C(F)(F)C(F)(F)F. The van der Waals surface area contributed by atoms with Crippen LogP contribution in [0.2, 0.25) is 0 Å². The second-order valence-corrected chi connectivity index (χ2v) is 5.29. The van der Waals surface area contributed by atoms with Crippen LogP contribution in [-0.4, -0.2) is 29.2 Å². The maximum Gasteiger partial charge on any atom is 0.457 e. The highest BCUT2D eigenvalue weighted by Gasteiger charge is 2.71. The summed E-state index contributed by atoms with van der Waals surface area (Å²) in [5, 5.41) is 21.5. The molecule has 0 spiro atoms. The number of para-hydroxylation sites is 1. The number of nitrogens with zero attached hydrogens (tertiary/aromatic N) is 1. The van der Waals surface area contributed by atoms with Gasteiger partial charge < -0.3 is 9.84 Å². The van der Waals surface area contributed by atoms with Crippen molar-refractivity contribution < 1.29 is 36.7 Å². The zero-order valence-electron chi connectivity index (χ0n) is 13.1. The maximum atomic E-state index is 14.4. The number of hydrogen-bond acceptors (Lipinski definition) is 4. The van der Waals surface area contributed by atoms with Crippen molar-refractivity contribution in [2.45, 2.75) is 17.7 Å². The van der Waals surface area contributed by atoms with Crippen molar-refractivity contribution in [2.75, 3.05) is 7.11 Å². The zero-order chi connectivity index (χ0) is 19.8. The van der Waals surface area contributed by atoms with Crippen LogP contribution in [0.25, 0.3) is 0 Å². The number of benzene rings is 2. The summed E-state index contributed by atoms with van der Waals surface area (Å²) in [4.78, 5) is 9.90. The van der Waals surface area contributed by atoms with Crippen LogP contribution >= 0.6 is 0 Å². The molecular weight excluding hydrogens is 365 g/mol. The second kappa shape index (κ2) is 6.52. The lowest BCUT2D eigenvalue weighted by Crippen LogP contribution is -2.55. The molecule has 0 saturated carbocycles. The average molecular weight is 377 g/mol. The van der Waals surface area contributed by atoms with Gasteiger partial charge in [-0.05, 0) is 6.07 Å². The molecule has 1 N–H and O–H groups in total. The first-order chi connectivity index (χ1) is 12.0. The highest BCUT2D eigenvalue weighted by atomic mass is 19.4. The van der Waals surface area contributed by atoms with E-state index in [1.807, 2.05) is 0 Å². The molecule has 0 fully saturated rings. The molecule has 2 aromatic carbocycles. The lowest BCUT2D eigenvalue weighted by atomic mass is 9.79. The fourth-order valence-electron chi connectivity index (χ4n) is 2.50. The van der Waals surface area contributed by atoms with Crippen molar-refractivity contribution in [1.82, 2.24) is 0 Å². The van der Waals surface area contributed by atoms with E-state index >= 15 is 0 Å². The van der Waals surface area contributed by atoms with Crippen molar-refractivity contribution in [3.8, 4) is 5.75 Å². The number of rotatable bonds is 5. The fraction of sp³-hybridized carbons (Fsp3) is 0.250. The van der Waals surface area contributed by atoms with Gasteiger partial charge >= 0.3 is 12.1 Å². The van der Waals surface area contributed by atoms with Crippen molar-refractivity contribution >= 4 is 5.69 Å². The Hall–Kier alpha value is -2.75. The predicted molar refractivity (Wildman–Crippen MR) is 80.1 cm³/mol. The molecule has 140 valence electrons. The number of methoxy groups -OCH3 is 1. The highest BCUT2D eigenvalue weighted by molar-refractivity contribution is 5.50. The summed E-state index contributed by atoms with van der Waals surface area (Å²) < 4.78 is 72.9. The Morgan fingerprint density at radius 3 is 2.19 bits per heavy atom. The number of nitro benzene ring substituents is 1. The van der Waals surface area contributed by atoms with Gasteiger partial charge in [-0.1, -0.05) is 30.3 Å². The van der Waals surface area contributed by atoms with E-state index in [2.05, 4.69) is 0 Å². The summed E-state index contributed by atoms with van der Waals surface area (Å²) in [5.74, 6) is -6.12. The monoisotopic (exact) mass is 377 g/mol. The van der Waals surface area contributed by atoms with E-state index in [0.29, 0.717) is 6.07 Å². The molecule has 0 radical (unpaired) electrons. The highest BCUT2D eigenvalue weighted by Crippen LogP contribution is 2.53. The van der Waals surface area contributed by atoms with E-state index in [-0.39, 0.29) is 0 Å². The number of ether oxygens (including phenoxy) is 1. The van der Waals surface area contributed by atoms with Gasteiger partial charge in [-0.3, -0.25) is 10.1 Å². The lowest BCUT2D eigenvalue weighted by Gasteiger charge is -2.38. The molecule has 26 heavy (non-hydrogen) atoms. The van der Waals surface area contributed by atoms with Crippen LogP contribution < -0.4 is 4.74 Å². The minimum absolute atomic E-state index is 0.439. The average Bonchev–Trinajstić information content (AvgIpc) is 2.59. The van der Waals surface area contributed by atoms with Gasteiger partial charge in [0.25, 0.3) is 5.69 Å². The van der Waals surface area contributed by atoms with Gasteiger partial charge in [0.2, 0.25) is 0 Å². The molecule has 0 aliphatic heterocycles. The fourth-order valence-corrected chi connectivity index (χ4v) is 2.50. The van der Waals surface area contributed by atoms with Crippen LogP contribution in [0, 0.1) is 10.1 Å². The lowest BCUT2D eigenvalue weighted by molar-refractivity contribution is -0.385. The van der Waals surface area contributed by atoms with Gasteiger partial charge in [-0.15, -0.1) is 0 Å². The first kappa shape index (κ1) is 19.6. The van der Waals surface area contributed by atoms with Gasteiger partial charge in [0, 0.05) is 23.3 Å². The first-order valence-electron chi connectivity index (χ1n) is 7.02. The Balaban J connectivity index is 2.88. The molecule has 5 nitrogen and oxygen atoms in total. The summed E-state index contributed by atoms with van der Waals surface area (Å²) in [6.45, 7) is 0. The van der Waals surface area contributed by atoms with Gasteiger partial charge in [0.1, 0.15) is 5.75 Å². The zero-order valence-corrected chi connectivity index (χ0v) is 13.1. The summed E-state index contributed by atoms with van der Waals surface area (Å²) in [5.41, 5.74) is -6.60. The minimum Gasteiger partial charge on any atom is -0.496 e. The third-order valence-electron chi connectivity index (χ3n) is 3.78. The van der Waals surface area contributed by atoms with Crippen LogP contribution in [0.1, 0.15) is 11.1 Å². The molecule has 1 unspecified atom stereocenters. The number of aliphatic hydroxyl groups is 1. The summed E-state index contributed by atoms with van der Waals surface area (Å²) in [7, 11) is 1.03. The summed E-state index contributed by atoms with van der Waals surface area (Å²) >= 11 is 0. The Kier molecular flexibility index (Phi) is 4.91. The molecule has 0 amide bonds. The van der Waals surface area contributed by atoms with Gasteiger partial charge in [0.05, 0.1) is 12.0 Å². The smallest absolute Gasteiger partial charge is 0.457 e. The molecule has 2 aromatic rings. The topological polar surface area (TPSA) is 72.6 Å². The van der Waals surface area contributed by atoms with E-state index < -0.39 is 45.2 Å². The molecule has 1 atom stereocenters. The van der Waals surface area contributed by atoms with Gasteiger partial charge in [0.15, 0.2) is 5.60 Å². The molecular formula is C16H12F5NO4. The van der Waals surface area contributed by atoms with Crippen molar-refractivity contribution in [3.05, 3.63) is 69.8 Å². The predicted octanol–water partition coefficient (Wildman–Crippen LogP) is 4.04. The van der Waals surface area contributed by atoms with Gasteiger partial charge in [-0.25, -0.2) is 0 Å². The number of non-ortho nitro benzene ring substituents is 1. The van der Waals surface area contributed by atoms with Crippen molar-refractivity contribution in [3.63, 3.8) is 0 Å². The Labute approximate surface area is 143 Å². The first-order valence-corrected chi connectivity index (χ1v) is 7.02. The molecule has 0 aliphatic rings. The second-order valence-electron chi connectivity index (χ2n) is 5.29. The van der Waals surface area contributed by atoms with Gasteiger partial charge in [-0.2, -0.15) is 22.0 Å². The van der Waals surface area contributed by atoms with E-state index in [0.717, 1.165) is 43.5 Å². The number of nitro groups is 1. The van der Waals surface area contributed by atoms with E-state index in [9.17, 15) is 37.2 Å². The molecule has 0 aromatic heterocycles. The maximum absolute atomic E-state index is 14.4. The van der Waals surface area contributed by atoms with Crippen LogP contribution in [0.5, 0.6) is 5.75 Å². The van der Waals surface area contributed by atoms with Crippen LogP contribution in [0.15, 0.2) is 48.5 Å².